The van der Waals surface area contributed by atoms with Gasteiger partial charge in [0.15, 0.2) is 5.69 Å². The molecular formula is C20H33N5O2. The van der Waals surface area contributed by atoms with Crippen LogP contribution in [0.1, 0.15) is 75.3 Å². The van der Waals surface area contributed by atoms with E-state index in [0.29, 0.717) is 30.0 Å². The number of carbonyl (C=O) groups excluding carboxylic acids is 1. The molecule has 0 spiro atoms. The summed E-state index contributed by atoms with van der Waals surface area (Å²) in [7, 11) is 0. The smallest absolute Gasteiger partial charge is 0.276 e. The predicted octanol–water partition coefficient (Wildman–Crippen LogP) is 2.50. The van der Waals surface area contributed by atoms with Crippen molar-refractivity contribution >= 4 is 5.91 Å². The number of morpholine rings is 1. The third kappa shape index (κ3) is 4.35. The van der Waals surface area contributed by atoms with Crippen LogP contribution in [-0.4, -0.2) is 75.1 Å². The molecule has 3 fully saturated rings. The van der Waals surface area contributed by atoms with Gasteiger partial charge in [-0.3, -0.25) is 9.69 Å². The molecule has 2 saturated heterocycles. The van der Waals surface area contributed by atoms with Gasteiger partial charge in [-0.15, -0.1) is 5.10 Å². The zero-order valence-corrected chi connectivity index (χ0v) is 16.7. The Morgan fingerprint density at radius 3 is 2.33 bits per heavy atom. The molecule has 1 aromatic rings. The van der Waals surface area contributed by atoms with Gasteiger partial charge in [-0.05, 0) is 39.5 Å². The number of hydrogen-bond donors (Lipinski definition) is 0. The molecule has 0 radical (unpaired) electrons. The Morgan fingerprint density at radius 2 is 1.67 bits per heavy atom. The third-order valence-electron chi connectivity index (χ3n) is 6.39. The van der Waals surface area contributed by atoms with Gasteiger partial charge in [-0.1, -0.05) is 24.5 Å². The average Bonchev–Trinajstić information content (AvgIpc) is 3.18. The van der Waals surface area contributed by atoms with Gasteiger partial charge in [0.1, 0.15) is 0 Å². The van der Waals surface area contributed by atoms with E-state index in [4.69, 9.17) is 4.74 Å². The van der Waals surface area contributed by atoms with E-state index in [0.717, 1.165) is 51.9 Å². The molecule has 1 aromatic heterocycles. The molecule has 1 amide bonds. The van der Waals surface area contributed by atoms with Crippen molar-refractivity contribution in [3.05, 3.63) is 11.9 Å². The van der Waals surface area contributed by atoms with E-state index in [1.165, 1.54) is 19.3 Å². The first-order chi connectivity index (χ1) is 13.1. The van der Waals surface area contributed by atoms with Gasteiger partial charge >= 0.3 is 0 Å². The van der Waals surface area contributed by atoms with E-state index in [9.17, 15) is 4.79 Å². The molecule has 3 aliphatic rings. The molecular weight excluding hydrogens is 342 g/mol. The Balaban J connectivity index is 1.31. The van der Waals surface area contributed by atoms with Gasteiger partial charge in [0.2, 0.25) is 0 Å². The molecule has 4 rings (SSSR count). The van der Waals surface area contributed by atoms with Gasteiger partial charge < -0.3 is 9.64 Å². The van der Waals surface area contributed by atoms with Gasteiger partial charge in [-0.2, -0.15) is 0 Å². The highest BCUT2D eigenvalue weighted by molar-refractivity contribution is 5.92. The van der Waals surface area contributed by atoms with E-state index >= 15 is 0 Å². The monoisotopic (exact) mass is 375 g/mol. The second kappa shape index (κ2) is 8.27. The maximum Gasteiger partial charge on any atom is 0.276 e. The van der Waals surface area contributed by atoms with Crippen LogP contribution in [0, 0.1) is 0 Å². The lowest BCUT2D eigenvalue weighted by atomic mass is 9.96. The normalized spacial score (nSPS) is 29.2. The Bertz CT molecular complexity index is 624. The Morgan fingerprint density at radius 1 is 1.00 bits per heavy atom. The van der Waals surface area contributed by atoms with Crippen LogP contribution in [0.15, 0.2) is 6.20 Å². The summed E-state index contributed by atoms with van der Waals surface area (Å²) >= 11 is 0. The van der Waals surface area contributed by atoms with Crippen LogP contribution in [0.2, 0.25) is 0 Å². The first-order valence-corrected chi connectivity index (χ1v) is 10.7. The van der Waals surface area contributed by atoms with E-state index in [1.54, 1.807) is 0 Å². The molecule has 0 N–H and O–H groups in total. The number of ether oxygens (including phenoxy) is 1. The number of piperidine rings is 1. The summed E-state index contributed by atoms with van der Waals surface area (Å²) in [4.78, 5) is 17.4. The molecule has 3 heterocycles. The Hall–Kier alpha value is -1.47. The van der Waals surface area contributed by atoms with Crippen molar-refractivity contribution in [3.63, 3.8) is 0 Å². The maximum absolute atomic E-state index is 12.9. The number of aromatic nitrogens is 3. The first-order valence-electron chi connectivity index (χ1n) is 10.7. The minimum Gasteiger partial charge on any atom is -0.373 e. The van der Waals surface area contributed by atoms with Crippen LogP contribution in [0.3, 0.4) is 0 Å². The lowest BCUT2D eigenvalue weighted by Crippen LogP contribution is -2.53. The fourth-order valence-electron chi connectivity index (χ4n) is 5.01. The van der Waals surface area contributed by atoms with Crippen molar-refractivity contribution in [3.8, 4) is 0 Å². The largest absolute Gasteiger partial charge is 0.373 e. The summed E-state index contributed by atoms with van der Waals surface area (Å²) in [5.74, 6) is 0.0409. The van der Waals surface area contributed by atoms with Crippen LogP contribution in [0.25, 0.3) is 0 Å². The highest BCUT2D eigenvalue weighted by Crippen LogP contribution is 2.27. The Labute approximate surface area is 162 Å². The number of carbonyl (C=O) groups is 1. The lowest BCUT2D eigenvalue weighted by molar-refractivity contribution is -0.0856. The van der Waals surface area contributed by atoms with E-state index in [-0.39, 0.29) is 5.91 Å². The highest BCUT2D eigenvalue weighted by atomic mass is 16.5. The summed E-state index contributed by atoms with van der Waals surface area (Å²) < 4.78 is 7.78. The fourth-order valence-corrected chi connectivity index (χ4v) is 5.01. The van der Waals surface area contributed by atoms with Crippen LogP contribution < -0.4 is 0 Å². The zero-order chi connectivity index (χ0) is 18.8. The number of nitrogens with zero attached hydrogens (tertiary/aromatic N) is 5. The quantitative estimate of drug-likeness (QED) is 0.812. The minimum atomic E-state index is 0.0409. The molecule has 1 aliphatic carbocycles. The van der Waals surface area contributed by atoms with Gasteiger partial charge in [0.05, 0.1) is 24.4 Å². The standard InChI is InChI=1S/C20H33N5O2/c1-15-12-24(13-16(2)27-15)17-8-10-23(11-9-17)20(26)19-14-25(22-21-19)18-6-4-3-5-7-18/h14-18H,3-13H2,1-2H3/t15-,16+. The highest BCUT2D eigenvalue weighted by Gasteiger charge is 2.32. The van der Waals surface area contributed by atoms with E-state index < -0.39 is 0 Å². The topological polar surface area (TPSA) is 63.5 Å². The number of likely N-dealkylation sites (tertiary alicyclic amines) is 1. The van der Waals surface area contributed by atoms with Crippen molar-refractivity contribution in [2.24, 2.45) is 0 Å². The van der Waals surface area contributed by atoms with Crippen molar-refractivity contribution in [2.45, 2.75) is 83.1 Å². The molecule has 2 aliphatic heterocycles. The molecule has 2 atom stereocenters. The maximum atomic E-state index is 12.9. The molecule has 1 saturated carbocycles. The molecule has 27 heavy (non-hydrogen) atoms. The predicted molar refractivity (Wildman–Crippen MR) is 103 cm³/mol. The average molecular weight is 376 g/mol. The van der Waals surface area contributed by atoms with E-state index in [1.807, 2.05) is 15.8 Å². The lowest BCUT2D eigenvalue weighted by Gasteiger charge is -2.43. The number of rotatable bonds is 3. The third-order valence-corrected chi connectivity index (χ3v) is 6.39. The van der Waals surface area contributed by atoms with Crippen LogP contribution in [0.5, 0.6) is 0 Å². The van der Waals surface area contributed by atoms with Crippen molar-refractivity contribution in [1.29, 1.82) is 0 Å². The van der Waals surface area contributed by atoms with Crippen LogP contribution in [-0.2, 0) is 4.74 Å². The minimum absolute atomic E-state index is 0.0409. The second-order valence-electron chi connectivity index (χ2n) is 8.61. The van der Waals surface area contributed by atoms with Crippen molar-refractivity contribution in [2.75, 3.05) is 26.2 Å². The van der Waals surface area contributed by atoms with E-state index in [2.05, 4.69) is 29.1 Å². The van der Waals surface area contributed by atoms with Gasteiger partial charge in [0, 0.05) is 32.2 Å². The fraction of sp³-hybridized carbons (Fsp3) is 0.850. The SMILES string of the molecule is C[C@@H]1CN(C2CCN(C(=O)c3cn(C4CCCCC4)nn3)CC2)C[C@H](C)O1. The van der Waals surface area contributed by atoms with Gasteiger partial charge in [0.25, 0.3) is 5.91 Å². The van der Waals surface area contributed by atoms with Crippen LogP contribution >= 0.6 is 0 Å². The van der Waals surface area contributed by atoms with Gasteiger partial charge in [-0.25, -0.2) is 4.68 Å². The summed E-state index contributed by atoms with van der Waals surface area (Å²) in [5.41, 5.74) is 0.507. The summed E-state index contributed by atoms with van der Waals surface area (Å²) in [6, 6.07) is 0.976. The van der Waals surface area contributed by atoms with Crippen LogP contribution in [0.4, 0.5) is 0 Å². The first kappa shape index (κ1) is 18.9. The number of hydrogen-bond acceptors (Lipinski definition) is 5. The van der Waals surface area contributed by atoms with Crippen molar-refractivity contribution in [1.82, 2.24) is 24.8 Å². The second-order valence-corrected chi connectivity index (χ2v) is 8.61. The summed E-state index contributed by atoms with van der Waals surface area (Å²) in [6.45, 7) is 7.91. The molecule has 0 unspecified atom stereocenters. The molecule has 0 aromatic carbocycles. The molecule has 7 heteroatoms. The summed E-state index contributed by atoms with van der Waals surface area (Å²) in [6.07, 6.45) is 10.6. The molecule has 7 nitrogen and oxygen atoms in total. The molecule has 0 bridgehead atoms. The zero-order valence-electron chi connectivity index (χ0n) is 16.7. The van der Waals surface area contributed by atoms with Crippen molar-refractivity contribution < 1.29 is 9.53 Å². The summed E-state index contributed by atoms with van der Waals surface area (Å²) in [5, 5.41) is 8.45. The molecule has 150 valence electrons. The Kier molecular flexibility index (Phi) is 5.78. The number of amides is 1.